The largest absolute Gasteiger partial charge is 0.391 e. The van der Waals surface area contributed by atoms with Crippen molar-refractivity contribution in [2.24, 2.45) is 0 Å². The fraction of sp³-hybridized carbons (Fsp3) is 0.308. The molecule has 9 heteroatoms. The van der Waals surface area contributed by atoms with Gasteiger partial charge in [-0.3, -0.25) is 5.32 Å². The molecule has 2 atom stereocenters. The number of nitrogens with one attached hydrogen (secondary N) is 1. The molecule has 2 N–H and O–H groups in total. The third kappa shape index (κ3) is 2.90. The van der Waals surface area contributed by atoms with Gasteiger partial charge in [-0.05, 0) is 24.1 Å². The van der Waals surface area contributed by atoms with Gasteiger partial charge in [-0.1, -0.05) is 17.4 Å². The third-order valence-corrected chi connectivity index (χ3v) is 4.05. The van der Waals surface area contributed by atoms with Gasteiger partial charge in [0.25, 0.3) is 0 Å². The number of carbonyl (C=O) groups is 1. The number of β-amino-alcohol motifs (C(OH)–C–C–N with tert-alkyl or cyclic N) is 1. The van der Waals surface area contributed by atoms with E-state index in [0.717, 1.165) is 23.5 Å². The Morgan fingerprint density at radius 1 is 1.41 bits per heavy atom. The molecule has 2 unspecified atom stereocenters. The molecule has 6 nitrogen and oxygen atoms in total. The van der Waals surface area contributed by atoms with Crippen molar-refractivity contribution in [1.29, 1.82) is 0 Å². The third-order valence-electron chi connectivity index (χ3n) is 3.44. The lowest BCUT2D eigenvalue weighted by Gasteiger charge is -2.24. The smallest absolute Gasteiger partial charge is 0.324 e. The Morgan fingerprint density at radius 3 is 2.91 bits per heavy atom. The normalized spacial score (nSPS) is 21.1. The quantitative estimate of drug-likeness (QED) is 0.886. The number of carbonyl (C=O) groups excluding carboxylic acids is 1. The SMILES string of the molecule is O=C(Nc1nncs1)N1CC(O)CC1c1ccc(F)c(F)c1. The molecule has 0 spiro atoms. The Bertz CT molecular complexity index is 683. The standard InChI is InChI=1S/C13H12F2N4O2S/c14-9-2-1-7(3-10(9)15)11-4-8(20)5-19(11)13(21)17-12-18-16-6-22-12/h1-3,6,8,11,20H,4-5H2,(H,17,18,21). The summed E-state index contributed by atoms with van der Waals surface area (Å²) in [7, 11) is 0. The van der Waals surface area contributed by atoms with Crippen LogP contribution in [0.5, 0.6) is 0 Å². The van der Waals surface area contributed by atoms with Crippen LogP contribution in [0.25, 0.3) is 0 Å². The number of aliphatic hydroxyl groups excluding tert-OH is 1. The number of amides is 2. The van der Waals surface area contributed by atoms with Crippen LogP contribution in [0.2, 0.25) is 0 Å². The van der Waals surface area contributed by atoms with Crippen molar-refractivity contribution in [3.63, 3.8) is 0 Å². The average Bonchev–Trinajstić information content (AvgIpc) is 3.11. The van der Waals surface area contributed by atoms with Crippen LogP contribution in [0, 0.1) is 11.6 Å². The number of rotatable bonds is 2. The van der Waals surface area contributed by atoms with Crippen LogP contribution in [-0.4, -0.2) is 38.9 Å². The van der Waals surface area contributed by atoms with Gasteiger partial charge in [-0.2, -0.15) is 0 Å². The zero-order valence-electron chi connectivity index (χ0n) is 11.2. The van der Waals surface area contributed by atoms with Crippen LogP contribution in [0.1, 0.15) is 18.0 Å². The summed E-state index contributed by atoms with van der Waals surface area (Å²) in [6, 6.07) is 2.47. The second-order valence-electron chi connectivity index (χ2n) is 4.91. The molecular formula is C13H12F2N4O2S. The fourth-order valence-electron chi connectivity index (χ4n) is 2.46. The number of anilines is 1. The van der Waals surface area contributed by atoms with E-state index in [-0.39, 0.29) is 13.0 Å². The minimum Gasteiger partial charge on any atom is -0.391 e. The van der Waals surface area contributed by atoms with Gasteiger partial charge in [-0.25, -0.2) is 13.6 Å². The molecule has 22 heavy (non-hydrogen) atoms. The second-order valence-corrected chi connectivity index (χ2v) is 5.74. The molecule has 1 aliphatic heterocycles. The van der Waals surface area contributed by atoms with Gasteiger partial charge in [0.15, 0.2) is 11.6 Å². The number of urea groups is 1. The molecular weight excluding hydrogens is 314 g/mol. The summed E-state index contributed by atoms with van der Waals surface area (Å²) in [4.78, 5) is 13.6. The summed E-state index contributed by atoms with van der Waals surface area (Å²) in [5.74, 6) is -1.93. The second kappa shape index (κ2) is 5.93. The van der Waals surface area contributed by atoms with Gasteiger partial charge in [0.2, 0.25) is 5.13 Å². The molecule has 1 saturated heterocycles. The lowest BCUT2D eigenvalue weighted by Crippen LogP contribution is -2.35. The van der Waals surface area contributed by atoms with Crippen LogP contribution >= 0.6 is 11.3 Å². The highest BCUT2D eigenvalue weighted by molar-refractivity contribution is 7.13. The van der Waals surface area contributed by atoms with E-state index in [1.807, 2.05) is 0 Å². The number of benzene rings is 1. The van der Waals surface area contributed by atoms with E-state index in [4.69, 9.17) is 0 Å². The lowest BCUT2D eigenvalue weighted by atomic mass is 10.0. The van der Waals surface area contributed by atoms with Crippen molar-refractivity contribution in [1.82, 2.24) is 15.1 Å². The average molecular weight is 326 g/mol. The number of aliphatic hydroxyl groups is 1. The minimum atomic E-state index is -0.983. The molecule has 0 aliphatic carbocycles. The van der Waals surface area contributed by atoms with Gasteiger partial charge in [0, 0.05) is 6.54 Å². The zero-order valence-corrected chi connectivity index (χ0v) is 12.1. The molecule has 1 aromatic heterocycles. The molecule has 3 rings (SSSR count). The van der Waals surface area contributed by atoms with Gasteiger partial charge < -0.3 is 10.0 Å². The van der Waals surface area contributed by atoms with Crippen LogP contribution in [0.3, 0.4) is 0 Å². The number of hydrogen-bond donors (Lipinski definition) is 2. The molecule has 0 bridgehead atoms. The van der Waals surface area contributed by atoms with Crippen molar-refractivity contribution in [2.75, 3.05) is 11.9 Å². The van der Waals surface area contributed by atoms with Crippen molar-refractivity contribution in [3.8, 4) is 0 Å². The number of likely N-dealkylation sites (tertiary alicyclic amines) is 1. The maximum atomic E-state index is 13.4. The summed E-state index contributed by atoms with van der Waals surface area (Å²) in [5.41, 5.74) is 1.91. The first-order chi connectivity index (χ1) is 10.5. The van der Waals surface area contributed by atoms with E-state index in [1.54, 1.807) is 0 Å². The zero-order chi connectivity index (χ0) is 15.7. The molecule has 2 heterocycles. The van der Waals surface area contributed by atoms with Crippen molar-refractivity contribution in [3.05, 3.63) is 40.9 Å². The summed E-state index contributed by atoms with van der Waals surface area (Å²) in [6.45, 7) is 0.105. The summed E-state index contributed by atoms with van der Waals surface area (Å²) in [6.07, 6.45) is -0.465. The highest BCUT2D eigenvalue weighted by Gasteiger charge is 2.36. The van der Waals surface area contributed by atoms with Crippen molar-refractivity contribution in [2.45, 2.75) is 18.6 Å². The van der Waals surface area contributed by atoms with Crippen molar-refractivity contribution < 1.29 is 18.7 Å². The van der Waals surface area contributed by atoms with Crippen molar-refractivity contribution >= 4 is 22.5 Å². The summed E-state index contributed by atoms with van der Waals surface area (Å²) in [5, 5.41) is 20.0. The molecule has 2 amide bonds. The summed E-state index contributed by atoms with van der Waals surface area (Å²) >= 11 is 1.16. The van der Waals surface area contributed by atoms with Crippen LogP contribution in [-0.2, 0) is 0 Å². The topological polar surface area (TPSA) is 78.4 Å². The first kappa shape index (κ1) is 14.8. The molecule has 116 valence electrons. The highest BCUT2D eigenvalue weighted by Crippen LogP contribution is 2.33. The van der Waals surface area contributed by atoms with E-state index in [1.165, 1.54) is 16.5 Å². The Labute approximate surface area is 128 Å². The first-order valence-corrected chi connectivity index (χ1v) is 7.39. The highest BCUT2D eigenvalue weighted by atomic mass is 32.1. The molecule has 1 aromatic carbocycles. The molecule has 1 fully saturated rings. The van der Waals surface area contributed by atoms with Crippen LogP contribution < -0.4 is 5.32 Å². The summed E-state index contributed by atoms with van der Waals surface area (Å²) < 4.78 is 26.4. The Morgan fingerprint density at radius 2 is 2.23 bits per heavy atom. The Hall–Kier alpha value is -2.13. The van der Waals surface area contributed by atoms with Gasteiger partial charge in [-0.15, -0.1) is 10.2 Å². The van der Waals surface area contributed by atoms with E-state index < -0.39 is 29.8 Å². The van der Waals surface area contributed by atoms with Gasteiger partial charge in [0.1, 0.15) is 5.51 Å². The first-order valence-electron chi connectivity index (χ1n) is 6.51. The number of aromatic nitrogens is 2. The number of hydrogen-bond acceptors (Lipinski definition) is 5. The fourth-order valence-corrected chi connectivity index (χ4v) is 2.90. The van der Waals surface area contributed by atoms with Gasteiger partial charge >= 0.3 is 6.03 Å². The van der Waals surface area contributed by atoms with Gasteiger partial charge in [0.05, 0.1) is 12.1 Å². The number of halogens is 2. The lowest BCUT2D eigenvalue weighted by molar-refractivity contribution is 0.175. The maximum absolute atomic E-state index is 13.4. The minimum absolute atomic E-state index is 0.105. The monoisotopic (exact) mass is 326 g/mol. The molecule has 1 aliphatic rings. The predicted octanol–water partition coefficient (Wildman–Crippen LogP) is 2.16. The predicted molar refractivity (Wildman–Crippen MR) is 75.4 cm³/mol. The van der Waals surface area contributed by atoms with E-state index in [0.29, 0.717) is 10.7 Å². The Balaban J connectivity index is 1.82. The molecule has 0 saturated carbocycles. The van der Waals surface area contributed by atoms with E-state index >= 15 is 0 Å². The molecule has 2 aromatic rings. The Kier molecular flexibility index (Phi) is 3.99. The van der Waals surface area contributed by atoms with Crippen LogP contribution in [0.4, 0.5) is 18.7 Å². The van der Waals surface area contributed by atoms with Crippen LogP contribution in [0.15, 0.2) is 23.7 Å². The number of nitrogens with zero attached hydrogens (tertiary/aromatic N) is 3. The molecule has 0 radical (unpaired) electrons. The maximum Gasteiger partial charge on any atom is 0.324 e. The van der Waals surface area contributed by atoms with E-state index in [9.17, 15) is 18.7 Å². The van der Waals surface area contributed by atoms with E-state index in [2.05, 4.69) is 15.5 Å².